The van der Waals surface area contributed by atoms with Crippen LogP contribution < -0.4 is 9.47 Å². The van der Waals surface area contributed by atoms with Crippen LogP contribution in [-0.4, -0.2) is 29.7 Å². The highest BCUT2D eigenvalue weighted by atomic mass is 16.5. The van der Waals surface area contributed by atoms with Gasteiger partial charge in [0, 0.05) is 19.4 Å². The van der Waals surface area contributed by atoms with Gasteiger partial charge in [-0.3, -0.25) is 0 Å². The number of nitrogens with zero attached hydrogens (tertiary/aromatic N) is 2. The number of hydrogen-bond donors (Lipinski definition) is 0. The topological polar surface area (TPSA) is 62.6 Å². The first-order valence-corrected chi connectivity index (χ1v) is 6.01. The highest BCUT2D eigenvalue weighted by Gasteiger charge is 2.12. The molecule has 0 radical (unpaired) electrons. The Hall–Kier alpha value is -2.50. The lowest BCUT2D eigenvalue weighted by molar-refractivity contribution is 0.0600. The summed E-state index contributed by atoms with van der Waals surface area (Å²) < 4.78 is 17.4. The highest BCUT2D eigenvalue weighted by Crippen LogP contribution is 2.28. The fourth-order valence-corrected chi connectivity index (χ4v) is 1.71. The predicted molar refractivity (Wildman–Crippen MR) is 71.9 cm³/mol. The van der Waals surface area contributed by atoms with Crippen molar-refractivity contribution in [3.05, 3.63) is 42.0 Å². The molecule has 1 aromatic heterocycles. The Labute approximate surface area is 116 Å². The quantitative estimate of drug-likeness (QED) is 0.779. The number of aromatic nitrogens is 2. The maximum atomic E-state index is 11.5. The van der Waals surface area contributed by atoms with Gasteiger partial charge >= 0.3 is 5.97 Å². The minimum atomic E-state index is -0.418. The lowest BCUT2D eigenvalue weighted by Gasteiger charge is -2.11. The van der Waals surface area contributed by atoms with Gasteiger partial charge in [-0.15, -0.1) is 0 Å². The van der Waals surface area contributed by atoms with Gasteiger partial charge in [0.1, 0.15) is 12.4 Å². The molecule has 0 fully saturated rings. The second-order valence-electron chi connectivity index (χ2n) is 4.10. The van der Waals surface area contributed by atoms with Gasteiger partial charge in [-0.05, 0) is 18.2 Å². The van der Waals surface area contributed by atoms with Gasteiger partial charge in [-0.2, -0.15) is 0 Å². The largest absolute Gasteiger partial charge is 0.493 e. The van der Waals surface area contributed by atoms with Crippen molar-refractivity contribution in [3.8, 4) is 11.5 Å². The van der Waals surface area contributed by atoms with Crippen molar-refractivity contribution < 1.29 is 19.0 Å². The van der Waals surface area contributed by atoms with E-state index in [2.05, 4.69) is 9.72 Å². The molecule has 6 heteroatoms. The van der Waals surface area contributed by atoms with E-state index in [1.54, 1.807) is 24.4 Å². The summed E-state index contributed by atoms with van der Waals surface area (Å²) in [5.74, 6) is 1.40. The van der Waals surface area contributed by atoms with Crippen molar-refractivity contribution in [1.29, 1.82) is 0 Å². The summed E-state index contributed by atoms with van der Waals surface area (Å²) in [6.07, 6.45) is 3.55. The second kappa shape index (κ2) is 6.10. The third-order valence-electron chi connectivity index (χ3n) is 2.86. The number of esters is 1. The molecule has 0 aliphatic carbocycles. The molecule has 0 bridgehead atoms. The van der Waals surface area contributed by atoms with E-state index in [4.69, 9.17) is 9.47 Å². The van der Waals surface area contributed by atoms with Crippen LogP contribution in [-0.2, 0) is 18.4 Å². The zero-order valence-corrected chi connectivity index (χ0v) is 11.6. The number of carbonyl (C=O) groups excluding carboxylic acids is 1. The molecule has 0 aliphatic rings. The van der Waals surface area contributed by atoms with Crippen LogP contribution in [0, 0.1) is 0 Å². The molecule has 2 aromatic rings. The number of aryl methyl sites for hydroxylation is 1. The van der Waals surface area contributed by atoms with Crippen molar-refractivity contribution in [1.82, 2.24) is 9.55 Å². The van der Waals surface area contributed by atoms with Gasteiger partial charge in [0.2, 0.25) is 0 Å². The lowest BCUT2D eigenvalue weighted by atomic mass is 10.2. The van der Waals surface area contributed by atoms with Crippen LogP contribution in [0.1, 0.15) is 16.2 Å². The molecule has 2 rings (SSSR count). The Bertz CT molecular complexity index is 607. The minimum Gasteiger partial charge on any atom is -0.493 e. The molecule has 20 heavy (non-hydrogen) atoms. The zero-order valence-electron chi connectivity index (χ0n) is 11.6. The van der Waals surface area contributed by atoms with E-state index in [9.17, 15) is 4.79 Å². The fourth-order valence-electron chi connectivity index (χ4n) is 1.71. The minimum absolute atomic E-state index is 0.317. The van der Waals surface area contributed by atoms with Crippen molar-refractivity contribution in [2.75, 3.05) is 14.2 Å². The Morgan fingerprint density at radius 1 is 1.30 bits per heavy atom. The predicted octanol–water partition coefficient (Wildman–Crippen LogP) is 1.79. The molecule has 0 saturated carbocycles. The number of methoxy groups -OCH3 is 2. The van der Waals surface area contributed by atoms with Crippen LogP contribution in [0.2, 0.25) is 0 Å². The molecule has 0 unspecified atom stereocenters. The Morgan fingerprint density at radius 2 is 2.10 bits per heavy atom. The highest BCUT2D eigenvalue weighted by molar-refractivity contribution is 5.90. The monoisotopic (exact) mass is 276 g/mol. The van der Waals surface area contributed by atoms with E-state index in [0.29, 0.717) is 23.7 Å². The summed E-state index contributed by atoms with van der Waals surface area (Å²) in [5.41, 5.74) is 0.411. The molecule has 6 nitrogen and oxygen atoms in total. The molecule has 1 aromatic carbocycles. The van der Waals surface area contributed by atoms with Crippen LogP contribution >= 0.6 is 0 Å². The molecule has 0 aliphatic heterocycles. The van der Waals surface area contributed by atoms with Crippen molar-refractivity contribution in [3.63, 3.8) is 0 Å². The average molecular weight is 276 g/mol. The van der Waals surface area contributed by atoms with Gasteiger partial charge in [0.05, 0.1) is 19.8 Å². The van der Waals surface area contributed by atoms with E-state index in [0.717, 1.165) is 5.82 Å². The second-order valence-corrected chi connectivity index (χ2v) is 4.10. The number of benzene rings is 1. The Kier molecular flexibility index (Phi) is 4.24. The zero-order chi connectivity index (χ0) is 14.5. The van der Waals surface area contributed by atoms with E-state index < -0.39 is 5.97 Å². The summed E-state index contributed by atoms with van der Waals surface area (Å²) in [6.45, 7) is 0.317. The first-order valence-electron chi connectivity index (χ1n) is 6.01. The van der Waals surface area contributed by atoms with E-state index in [1.165, 1.54) is 14.2 Å². The number of carbonyl (C=O) groups is 1. The number of hydrogen-bond acceptors (Lipinski definition) is 5. The van der Waals surface area contributed by atoms with Crippen LogP contribution in [0.25, 0.3) is 0 Å². The molecule has 0 saturated heterocycles. The average Bonchev–Trinajstić information content (AvgIpc) is 2.89. The van der Waals surface area contributed by atoms with Gasteiger partial charge < -0.3 is 18.8 Å². The molecule has 1 heterocycles. The van der Waals surface area contributed by atoms with Crippen molar-refractivity contribution in [2.45, 2.75) is 6.61 Å². The molecular weight excluding hydrogens is 260 g/mol. The smallest absolute Gasteiger partial charge is 0.337 e. The molecular formula is C14H16N2O4. The maximum absolute atomic E-state index is 11.5. The van der Waals surface area contributed by atoms with Crippen LogP contribution in [0.15, 0.2) is 30.6 Å². The van der Waals surface area contributed by atoms with E-state index in [-0.39, 0.29) is 0 Å². The lowest BCUT2D eigenvalue weighted by Crippen LogP contribution is -2.05. The van der Waals surface area contributed by atoms with E-state index in [1.807, 2.05) is 17.8 Å². The summed E-state index contributed by atoms with van der Waals surface area (Å²) in [6, 6.07) is 4.88. The first kappa shape index (κ1) is 13.9. The Balaban J connectivity index is 2.15. The van der Waals surface area contributed by atoms with Crippen LogP contribution in [0.5, 0.6) is 11.5 Å². The normalized spacial score (nSPS) is 10.2. The van der Waals surface area contributed by atoms with Gasteiger partial charge in [-0.25, -0.2) is 9.78 Å². The summed E-state index contributed by atoms with van der Waals surface area (Å²) >= 11 is 0. The van der Waals surface area contributed by atoms with Gasteiger partial charge in [0.15, 0.2) is 11.5 Å². The molecule has 0 N–H and O–H groups in total. The maximum Gasteiger partial charge on any atom is 0.337 e. The SMILES string of the molecule is COC(=O)c1ccc(OCc2nccn2C)c(OC)c1. The Morgan fingerprint density at radius 3 is 2.70 bits per heavy atom. The van der Waals surface area contributed by atoms with Crippen molar-refractivity contribution in [2.24, 2.45) is 7.05 Å². The number of imidazole rings is 1. The van der Waals surface area contributed by atoms with Crippen LogP contribution in [0.3, 0.4) is 0 Å². The number of rotatable bonds is 5. The third kappa shape index (κ3) is 2.90. The molecule has 0 atom stereocenters. The standard InChI is InChI=1S/C14H16N2O4/c1-16-7-6-15-13(16)9-20-11-5-4-10(14(17)19-3)8-12(11)18-2/h4-8H,9H2,1-3H3. The van der Waals surface area contributed by atoms with Gasteiger partial charge in [-0.1, -0.05) is 0 Å². The van der Waals surface area contributed by atoms with Crippen molar-refractivity contribution >= 4 is 5.97 Å². The van der Waals surface area contributed by atoms with Crippen LogP contribution in [0.4, 0.5) is 0 Å². The van der Waals surface area contributed by atoms with Gasteiger partial charge in [0.25, 0.3) is 0 Å². The molecule has 106 valence electrons. The number of ether oxygens (including phenoxy) is 3. The third-order valence-corrected chi connectivity index (χ3v) is 2.86. The summed E-state index contributed by atoms with van der Waals surface area (Å²) in [5, 5.41) is 0. The first-order chi connectivity index (χ1) is 9.65. The molecule has 0 spiro atoms. The summed E-state index contributed by atoms with van der Waals surface area (Å²) in [7, 11) is 4.74. The summed E-state index contributed by atoms with van der Waals surface area (Å²) in [4.78, 5) is 15.6. The van der Waals surface area contributed by atoms with E-state index >= 15 is 0 Å². The fraction of sp³-hybridized carbons (Fsp3) is 0.286. The molecule has 0 amide bonds.